The van der Waals surface area contributed by atoms with Crippen molar-refractivity contribution in [2.24, 2.45) is 0 Å². The number of aryl methyl sites for hydroxylation is 2. The fourth-order valence-electron chi connectivity index (χ4n) is 3.38. The molecule has 0 radical (unpaired) electrons. The molecule has 9 heteroatoms. The van der Waals surface area contributed by atoms with Crippen molar-refractivity contribution >= 4 is 33.3 Å². The van der Waals surface area contributed by atoms with Crippen molar-refractivity contribution in [3.63, 3.8) is 0 Å². The van der Waals surface area contributed by atoms with Gasteiger partial charge in [-0.1, -0.05) is 36.4 Å². The normalized spacial score (nSPS) is 12.1. The molecule has 3 amide bonds. The van der Waals surface area contributed by atoms with Crippen LogP contribution >= 0.6 is 0 Å². The van der Waals surface area contributed by atoms with Gasteiger partial charge in [-0.2, -0.15) is 4.31 Å². The number of rotatable bonds is 8. The number of nitrogens with one attached hydrogen (secondary N) is 3. The fraction of sp³-hybridized carbons (Fsp3) is 0.231. The monoisotopic (exact) mass is 494 g/mol. The van der Waals surface area contributed by atoms with E-state index >= 15 is 0 Å². The van der Waals surface area contributed by atoms with E-state index in [4.69, 9.17) is 0 Å². The lowest BCUT2D eigenvalue weighted by Crippen LogP contribution is -2.39. The highest BCUT2D eigenvalue weighted by Crippen LogP contribution is 2.19. The Morgan fingerprint density at radius 3 is 2.06 bits per heavy atom. The molecule has 0 heterocycles. The van der Waals surface area contributed by atoms with Crippen LogP contribution in [0.25, 0.3) is 0 Å². The van der Waals surface area contributed by atoms with Gasteiger partial charge in [0.05, 0.1) is 17.5 Å². The Morgan fingerprint density at radius 1 is 0.857 bits per heavy atom. The van der Waals surface area contributed by atoms with E-state index in [-0.39, 0.29) is 23.5 Å². The summed E-state index contributed by atoms with van der Waals surface area (Å²) in [5, 5.41) is 8.31. The van der Waals surface area contributed by atoms with Gasteiger partial charge in [0.25, 0.3) is 0 Å². The maximum atomic E-state index is 12.8. The molecular weight excluding hydrogens is 464 g/mol. The molecule has 3 N–H and O–H groups in total. The lowest BCUT2D eigenvalue weighted by atomic mass is 10.1. The Labute approximate surface area is 206 Å². The largest absolute Gasteiger partial charge is 0.348 e. The van der Waals surface area contributed by atoms with Gasteiger partial charge in [0, 0.05) is 18.4 Å². The smallest absolute Gasteiger partial charge is 0.323 e. The summed E-state index contributed by atoms with van der Waals surface area (Å²) in [6.07, 6.45) is 0. The van der Waals surface area contributed by atoms with Gasteiger partial charge < -0.3 is 16.0 Å². The zero-order valence-corrected chi connectivity index (χ0v) is 21.0. The van der Waals surface area contributed by atoms with Gasteiger partial charge in [-0.25, -0.2) is 13.2 Å². The van der Waals surface area contributed by atoms with Crippen molar-refractivity contribution in [1.82, 2.24) is 9.62 Å². The first-order valence-electron chi connectivity index (χ1n) is 11.1. The SMILES string of the molecule is Cc1ccc(S(=O)(=O)N(C)CC(=O)NC(C)c2ccc(NC(=O)Nc3ccccc3)cc2)cc1C. The third kappa shape index (κ3) is 6.91. The second kappa shape index (κ2) is 11.2. The van der Waals surface area contributed by atoms with Crippen molar-refractivity contribution in [3.05, 3.63) is 89.5 Å². The van der Waals surface area contributed by atoms with Crippen LogP contribution in [0, 0.1) is 13.8 Å². The van der Waals surface area contributed by atoms with E-state index in [2.05, 4.69) is 16.0 Å². The average Bonchev–Trinajstić information content (AvgIpc) is 2.81. The number of likely N-dealkylation sites (N-methyl/N-ethyl adjacent to an activating group) is 1. The molecule has 3 rings (SSSR count). The van der Waals surface area contributed by atoms with Crippen molar-refractivity contribution in [2.75, 3.05) is 24.2 Å². The molecule has 3 aromatic rings. The van der Waals surface area contributed by atoms with Crippen LogP contribution in [0.4, 0.5) is 16.2 Å². The van der Waals surface area contributed by atoms with Gasteiger partial charge in [-0.05, 0) is 73.9 Å². The number of carbonyl (C=O) groups excluding carboxylic acids is 2. The molecule has 0 aromatic heterocycles. The molecule has 3 aromatic carbocycles. The van der Waals surface area contributed by atoms with Gasteiger partial charge >= 0.3 is 6.03 Å². The van der Waals surface area contributed by atoms with Crippen molar-refractivity contribution < 1.29 is 18.0 Å². The topological polar surface area (TPSA) is 108 Å². The molecule has 0 spiro atoms. The number of carbonyl (C=O) groups is 2. The summed E-state index contributed by atoms with van der Waals surface area (Å²) in [6.45, 7) is 5.25. The Bertz CT molecular complexity index is 1290. The number of urea groups is 1. The molecule has 35 heavy (non-hydrogen) atoms. The highest BCUT2D eigenvalue weighted by atomic mass is 32.2. The van der Waals surface area contributed by atoms with E-state index in [1.807, 2.05) is 32.0 Å². The fourth-order valence-corrected chi connectivity index (χ4v) is 4.59. The first kappa shape index (κ1) is 25.9. The van der Waals surface area contributed by atoms with Crippen LogP contribution in [-0.2, 0) is 14.8 Å². The van der Waals surface area contributed by atoms with Gasteiger partial charge in [0.15, 0.2) is 0 Å². The van der Waals surface area contributed by atoms with E-state index in [0.29, 0.717) is 11.4 Å². The molecule has 184 valence electrons. The van der Waals surface area contributed by atoms with Crippen LogP contribution in [0.2, 0.25) is 0 Å². The Hall–Kier alpha value is -3.69. The predicted molar refractivity (Wildman–Crippen MR) is 138 cm³/mol. The lowest BCUT2D eigenvalue weighted by Gasteiger charge is -2.20. The minimum atomic E-state index is -3.79. The molecule has 0 saturated heterocycles. The van der Waals surface area contributed by atoms with Crippen molar-refractivity contribution in [2.45, 2.75) is 31.7 Å². The first-order chi connectivity index (χ1) is 16.6. The number of amides is 3. The Morgan fingerprint density at radius 2 is 1.46 bits per heavy atom. The van der Waals surface area contributed by atoms with Crippen LogP contribution in [0.15, 0.2) is 77.7 Å². The van der Waals surface area contributed by atoms with Gasteiger partial charge in [0.1, 0.15) is 0 Å². The number of benzene rings is 3. The molecule has 8 nitrogen and oxygen atoms in total. The van der Waals surface area contributed by atoms with E-state index in [0.717, 1.165) is 21.0 Å². The van der Waals surface area contributed by atoms with E-state index in [1.54, 1.807) is 61.5 Å². The van der Waals surface area contributed by atoms with Crippen molar-refractivity contribution in [1.29, 1.82) is 0 Å². The van der Waals surface area contributed by atoms with E-state index in [1.165, 1.54) is 7.05 Å². The molecule has 1 atom stereocenters. The van der Waals surface area contributed by atoms with Gasteiger partial charge in [-0.15, -0.1) is 0 Å². The lowest BCUT2D eigenvalue weighted by molar-refractivity contribution is -0.121. The minimum Gasteiger partial charge on any atom is -0.348 e. The van der Waals surface area contributed by atoms with Gasteiger partial charge in [-0.3, -0.25) is 4.79 Å². The number of sulfonamides is 1. The zero-order chi connectivity index (χ0) is 25.6. The quantitative estimate of drug-likeness (QED) is 0.430. The van der Waals surface area contributed by atoms with Crippen molar-refractivity contribution in [3.8, 4) is 0 Å². The second-order valence-electron chi connectivity index (χ2n) is 8.36. The third-order valence-corrected chi connectivity index (χ3v) is 7.43. The summed E-state index contributed by atoms with van der Waals surface area (Å²) in [6, 6.07) is 20.3. The predicted octanol–water partition coefficient (Wildman–Crippen LogP) is 4.45. The number of hydrogen-bond acceptors (Lipinski definition) is 4. The number of nitrogens with zero attached hydrogens (tertiary/aromatic N) is 1. The molecule has 0 aliphatic heterocycles. The van der Waals surface area contributed by atoms with Crippen LogP contribution in [0.1, 0.15) is 29.7 Å². The molecule has 0 fully saturated rings. The summed E-state index contributed by atoms with van der Waals surface area (Å²) < 4.78 is 26.7. The maximum absolute atomic E-state index is 12.8. The maximum Gasteiger partial charge on any atom is 0.323 e. The molecule has 0 bridgehead atoms. The Balaban J connectivity index is 1.55. The number of anilines is 2. The average molecular weight is 495 g/mol. The molecule has 0 saturated carbocycles. The van der Waals surface area contributed by atoms with Gasteiger partial charge in [0.2, 0.25) is 15.9 Å². The third-order valence-electron chi connectivity index (χ3n) is 5.63. The van der Waals surface area contributed by atoms with Crippen LogP contribution in [0.3, 0.4) is 0 Å². The number of para-hydroxylation sites is 1. The molecule has 1 unspecified atom stereocenters. The van der Waals surface area contributed by atoms with Crippen LogP contribution < -0.4 is 16.0 Å². The van der Waals surface area contributed by atoms with Crippen LogP contribution in [-0.4, -0.2) is 38.3 Å². The number of hydrogen-bond donors (Lipinski definition) is 3. The second-order valence-corrected chi connectivity index (χ2v) is 10.4. The summed E-state index contributed by atoms with van der Waals surface area (Å²) in [5.41, 5.74) is 3.96. The summed E-state index contributed by atoms with van der Waals surface area (Å²) in [7, 11) is -2.40. The molecule has 0 aliphatic carbocycles. The molecule has 0 aliphatic rings. The molecular formula is C26H30N4O4S. The van der Waals surface area contributed by atoms with Crippen LogP contribution in [0.5, 0.6) is 0 Å². The summed E-state index contributed by atoms with van der Waals surface area (Å²) >= 11 is 0. The highest BCUT2D eigenvalue weighted by molar-refractivity contribution is 7.89. The Kier molecular flexibility index (Phi) is 8.26. The van der Waals surface area contributed by atoms with E-state index in [9.17, 15) is 18.0 Å². The summed E-state index contributed by atoms with van der Waals surface area (Å²) in [4.78, 5) is 24.8. The summed E-state index contributed by atoms with van der Waals surface area (Å²) in [5.74, 6) is -0.420. The first-order valence-corrected chi connectivity index (χ1v) is 12.6. The standard InChI is InChI=1S/C26H30N4O4S/c1-18-10-15-24(16-19(18)2)35(33,34)30(4)17-25(31)27-20(3)21-11-13-23(14-12-21)29-26(32)28-22-8-6-5-7-9-22/h5-16,20H,17H2,1-4H3,(H,27,31)(H2,28,29,32). The highest BCUT2D eigenvalue weighted by Gasteiger charge is 2.24. The minimum absolute atomic E-state index is 0.156. The zero-order valence-electron chi connectivity index (χ0n) is 20.2. The van der Waals surface area contributed by atoms with E-state index < -0.39 is 15.9 Å².